The number of esters is 2. The Bertz CT molecular complexity index is 1190. The smallest absolute Gasteiger partial charge is 0.491 e. The maximum Gasteiger partial charge on any atom is 0.491 e. The molecule has 2 amide bonds. The van der Waals surface area contributed by atoms with Gasteiger partial charge in [-0.3, -0.25) is 24.2 Å². The summed E-state index contributed by atoms with van der Waals surface area (Å²) in [5.74, 6) is -4.68. The van der Waals surface area contributed by atoms with E-state index in [1.807, 2.05) is 4.90 Å². The van der Waals surface area contributed by atoms with E-state index >= 15 is 0 Å². The molecule has 212 valence electrons. The molecule has 0 radical (unpaired) electrons. The molecular weight excluding hydrogens is 527 g/mol. The van der Waals surface area contributed by atoms with Crippen molar-refractivity contribution in [3.05, 3.63) is 30.8 Å². The second-order valence-electron chi connectivity index (χ2n) is 9.38. The number of aromatic nitrogens is 1. The van der Waals surface area contributed by atoms with Crippen LogP contribution in [0.25, 0.3) is 11.3 Å². The molecule has 15 heteroatoms. The highest BCUT2D eigenvalue weighted by molar-refractivity contribution is 6.39. The summed E-state index contributed by atoms with van der Waals surface area (Å²) in [5.41, 5.74) is 0.132. The molecule has 39 heavy (non-hydrogen) atoms. The highest BCUT2D eigenvalue weighted by atomic mass is 19.4. The number of hydrogen-bond acceptors (Lipinski definition) is 10. The lowest BCUT2D eigenvalue weighted by Gasteiger charge is -2.38. The number of ether oxygens (including phenoxy) is 2. The van der Waals surface area contributed by atoms with Crippen LogP contribution in [0.1, 0.15) is 13.8 Å². The molecule has 1 saturated heterocycles. The van der Waals surface area contributed by atoms with Gasteiger partial charge in [0, 0.05) is 50.0 Å². The third-order valence-electron chi connectivity index (χ3n) is 5.69. The van der Waals surface area contributed by atoms with E-state index in [1.165, 1.54) is 19.7 Å². The van der Waals surface area contributed by atoms with Crippen LogP contribution in [0.5, 0.6) is 5.75 Å². The van der Waals surface area contributed by atoms with E-state index in [9.17, 15) is 32.3 Å². The first-order chi connectivity index (χ1) is 18.3. The molecule has 12 nitrogen and oxygen atoms in total. The molecular formula is C24H28F3N5O7. The van der Waals surface area contributed by atoms with Crippen molar-refractivity contribution < 1.29 is 46.2 Å². The number of piperazine rings is 1. The minimum absolute atomic E-state index is 0.325. The molecule has 0 saturated carbocycles. The first-order valence-electron chi connectivity index (χ1n) is 11.7. The van der Waals surface area contributed by atoms with Crippen molar-refractivity contribution >= 4 is 29.4 Å². The minimum atomic E-state index is -5.24. The number of nitrogens with zero attached hydrogens (tertiary/aromatic N) is 3. The SMILES string of the molecule is COc1cc(NC(=O)C(=O)NC(C)(C)CN2CCN(CC(=O)OC(=O)C(F)(F)F)CC2)ccc1-c1cnco1. The van der Waals surface area contributed by atoms with E-state index < -0.39 is 42.0 Å². The van der Waals surface area contributed by atoms with E-state index in [4.69, 9.17) is 9.15 Å². The van der Waals surface area contributed by atoms with Gasteiger partial charge >= 0.3 is 29.9 Å². The fourth-order valence-electron chi connectivity index (χ4n) is 3.95. The van der Waals surface area contributed by atoms with Crippen LogP contribution in [-0.2, 0) is 23.9 Å². The van der Waals surface area contributed by atoms with Gasteiger partial charge in [-0.05, 0) is 26.0 Å². The Morgan fingerprint density at radius 2 is 1.72 bits per heavy atom. The summed E-state index contributed by atoms with van der Waals surface area (Å²) in [5, 5.41) is 5.21. The maximum absolute atomic E-state index is 12.6. The van der Waals surface area contributed by atoms with Crippen molar-refractivity contribution in [3.63, 3.8) is 0 Å². The molecule has 0 unspecified atom stereocenters. The zero-order valence-corrected chi connectivity index (χ0v) is 21.5. The summed E-state index contributed by atoms with van der Waals surface area (Å²) in [6.07, 6.45) is -2.45. The molecule has 1 aliphatic heterocycles. The third-order valence-corrected chi connectivity index (χ3v) is 5.69. The average molecular weight is 556 g/mol. The fraction of sp³-hybridized carbons (Fsp3) is 0.458. The first kappa shape index (κ1) is 29.6. The molecule has 2 aromatic rings. The highest BCUT2D eigenvalue weighted by Gasteiger charge is 2.42. The molecule has 2 N–H and O–H groups in total. The summed E-state index contributed by atoms with van der Waals surface area (Å²) in [6.45, 7) is 4.89. The molecule has 2 heterocycles. The van der Waals surface area contributed by atoms with Crippen LogP contribution in [0, 0.1) is 0 Å². The second-order valence-corrected chi connectivity index (χ2v) is 9.38. The molecule has 3 rings (SSSR count). The average Bonchev–Trinajstić information content (AvgIpc) is 3.38. The Balaban J connectivity index is 1.46. The van der Waals surface area contributed by atoms with Crippen LogP contribution in [0.3, 0.4) is 0 Å². The lowest BCUT2D eigenvalue weighted by Crippen LogP contribution is -2.57. The van der Waals surface area contributed by atoms with Gasteiger partial charge in [0.25, 0.3) is 0 Å². The van der Waals surface area contributed by atoms with Gasteiger partial charge in [-0.1, -0.05) is 0 Å². The van der Waals surface area contributed by atoms with Crippen LogP contribution < -0.4 is 15.4 Å². The largest absolute Gasteiger partial charge is 0.496 e. The van der Waals surface area contributed by atoms with Crippen LogP contribution in [-0.4, -0.2) is 96.6 Å². The van der Waals surface area contributed by atoms with Crippen molar-refractivity contribution in [1.82, 2.24) is 20.1 Å². The lowest BCUT2D eigenvalue weighted by atomic mass is 10.0. The number of methoxy groups -OCH3 is 1. The van der Waals surface area contributed by atoms with E-state index in [1.54, 1.807) is 36.9 Å². The number of rotatable bonds is 8. The lowest BCUT2D eigenvalue weighted by molar-refractivity contribution is -0.202. The van der Waals surface area contributed by atoms with E-state index in [2.05, 4.69) is 20.4 Å². The number of nitrogens with one attached hydrogen (secondary N) is 2. The summed E-state index contributed by atoms with van der Waals surface area (Å²) in [7, 11) is 1.45. The maximum atomic E-state index is 12.6. The van der Waals surface area contributed by atoms with Gasteiger partial charge in [0.2, 0.25) is 0 Å². The van der Waals surface area contributed by atoms with Crippen LogP contribution in [0.2, 0.25) is 0 Å². The molecule has 0 spiro atoms. The van der Waals surface area contributed by atoms with Crippen LogP contribution in [0.15, 0.2) is 35.2 Å². The fourth-order valence-corrected chi connectivity index (χ4v) is 3.95. The molecule has 1 aromatic heterocycles. The molecule has 0 atom stereocenters. The number of halogens is 3. The Hall–Kier alpha value is -3.98. The quantitative estimate of drug-likeness (QED) is 0.279. The van der Waals surface area contributed by atoms with E-state index in [0.29, 0.717) is 55.5 Å². The second kappa shape index (κ2) is 12.3. The van der Waals surface area contributed by atoms with Gasteiger partial charge in [0.15, 0.2) is 12.2 Å². The molecule has 0 aliphatic carbocycles. The summed E-state index contributed by atoms with van der Waals surface area (Å²) >= 11 is 0. The van der Waals surface area contributed by atoms with Gasteiger partial charge in [-0.25, -0.2) is 9.78 Å². The number of carbonyl (C=O) groups excluding carboxylic acids is 4. The number of anilines is 1. The standard InChI is InChI=1S/C24H28F3N5O7/c1-23(2,13-32-8-6-31(7-9-32)12-19(33)39-22(36)24(25,26)27)30-21(35)20(34)29-15-4-5-16(17(10-15)37-3)18-11-28-14-38-18/h4-5,10-11,14H,6-9,12-13H2,1-3H3,(H,29,34)(H,30,35). The summed E-state index contributed by atoms with van der Waals surface area (Å²) in [4.78, 5) is 54.9. The number of benzene rings is 1. The van der Waals surface area contributed by atoms with Gasteiger partial charge in [0.1, 0.15) is 5.75 Å². The first-order valence-corrected chi connectivity index (χ1v) is 11.7. The minimum Gasteiger partial charge on any atom is -0.496 e. The van der Waals surface area contributed by atoms with Crippen molar-refractivity contribution in [2.24, 2.45) is 0 Å². The topological polar surface area (TPSA) is 143 Å². The van der Waals surface area contributed by atoms with Crippen molar-refractivity contribution in [3.8, 4) is 17.1 Å². The van der Waals surface area contributed by atoms with Crippen LogP contribution in [0.4, 0.5) is 18.9 Å². The van der Waals surface area contributed by atoms with E-state index in [-0.39, 0.29) is 0 Å². The number of carbonyl (C=O) groups is 4. The van der Waals surface area contributed by atoms with Crippen molar-refractivity contribution in [1.29, 1.82) is 0 Å². The third kappa shape index (κ3) is 8.51. The predicted molar refractivity (Wildman–Crippen MR) is 129 cm³/mol. The number of hydrogen-bond donors (Lipinski definition) is 2. The van der Waals surface area contributed by atoms with E-state index in [0.717, 1.165) is 0 Å². The van der Waals surface area contributed by atoms with Gasteiger partial charge in [0.05, 0.1) is 25.4 Å². The van der Waals surface area contributed by atoms with Gasteiger partial charge in [-0.2, -0.15) is 13.2 Å². The normalized spacial score (nSPS) is 14.9. The molecule has 1 fully saturated rings. The van der Waals surface area contributed by atoms with Crippen LogP contribution >= 0.6 is 0 Å². The Morgan fingerprint density at radius 3 is 2.31 bits per heavy atom. The molecule has 1 aliphatic rings. The van der Waals surface area contributed by atoms with Crippen molar-refractivity contribution in [2.45, 2.75) is 25.6 Å². The Kier molecular flexibility index (Phi) is 9.29. The summed E-state index contributed by atoms with van der Waals surface area (Å²) in [6, 6.07) is 4.79. The van der Waals surface area contributed by atoms with Crippen molar-refractivity contribution in [2.75, 3.05) is 51.7 Å². The van der Waals surface area contributed by atoms with Gasteiger partial charge in [-0.15, -0.1) is 0 Å². The monoisotopic (exact) mass is 555 g/mol. The molecule has 1 aromatic carbocycles. The van der Waals surface area contributed by atoms with Gasteiger partial charge < -0.3 is 24.5 Å². The molecule has 0 bridgehead atoms. The number of oxazole rings is 1. The highest BCUT2D eigenvalue weighted by Crippen LogP contribution is 2.32. The zero-order valence-electron chi connectivity index (χ0n) is 21.5. The Morgan fingerprint density at radius 1 is 1.05 bits per heavy atom. The number of alkyl halides is 3. The Labute approximate surface area is 221 Å². The number of amides is 2. The predicted octanol–water partition coefficient (Wildman–Crippen LogP) is 1.43. The zero-order chi connectivity index (χ0) is 28.8. The summed E-state index contributed by atoms with van der Waals surface area (Å²) < 4.78 is 51.1.